The molecule has 0 fully saturated rings. The summed E-state index contributed by atoms with van der Waals surface area (Å²) in [7, 11) is 0.339. The molecule has 22 heavy (non-hydrogen) atoms. The highest BCUT2D eigenvalue weighted by molar-refractivity contribution is 6.66. The molecule has 0 N–H and O–H groups in total. The Bertz CT molecular complexity index is 769. The van der Waals surface area contributed by atoms with Crippen LogP contribution in [0.25, 0.3) is 5.82 Å². The van der Waals surface area contributed by atoms with E-state index in [4.69, 9.17) is 0 Å². The molecule has 0 aliphatic carbocycles. The number of hydrogen-bond acceptors (Lipinski definition) is 2. The summed E-state index contributed by atoms with van der Waals surface area (Å²) in [6, 6.07) is 16.0. The Hall–Kier alpha value is -2.41. The van der Waals surface area contributed by atoms with Gasteiger partial charge in [0.1, 0.15) is 9.52 Å². The van der Waals surface area contributed by atoms with Gasteiger partial charge in [-0.05, 0) is 18.2 Å². The fourth-order valence-corrected chi connectivity index (χ4v) is 2.90. The molecule has 0 unspecified atom stereocenters. The highest BCUT2D eigenvalue weighted by Crippen LogP contribution is 2.27. The monoisotopic (exact) mass is 317 g/mol. The molecule has 7 heteroatoms. The van der Waals surface area contributed by atoms with Crippen LogP contribution in [-0.4, -0.2) is 24.3 Å². The van der Waals surface area contributed by atoms with Gasteiger partial charge in [-0.3, -0.25) is 0 Å². The Morgan fingerprint density at radius 2 is 1.68 bits per heavy atom. The van der Waals surface area contributed by atoms with Crippen molar-refractivity contribution in [2.24, 2.45) is 0 Å². The van der Waals surface area contributed by atoms with E-state index in [-0.39, 0.29) is 0 Å². The van der Waals surface area contributed by atoms with Crippen LogP contribution in [0.5, 0.6) is 0 Å². The Kier molecular flexibility index (Phi) is 3.80. The highest BCUT2D eigenvalue weighted by Gasteiger charge is 2.33. The summed E-state index contributed by atoms with van der Waals surface area (Å²) in [4.78, 5) is 4.38. The van der Waals surface area contributed by atoms with E-state index >= 15 is 0 Å². The van der Waals surface area contributed by atoms with Gasteiger partial charge in [0.25, 0.3) is 0 Å². The Morgan fingerprint density at radius 3 is 2.36 bits per heavy atom. The topological polar surface area (TPSA) is 30.7 Å². The second kappa shape index (κ2) is 5.76. The molecule has 110 valence electrons. The third-order valence-corrected chi connectivity index (χ3v) is 4.05. The van der Waals surface area contributed by atoms with Crippen molar-refractivity contribution in [3.8, 4) is 5.82 Å². The molecular weight excluding hydrogens is 307 g/mol. The van der Waals surface area contributed by atoms with Crippen LogP contribution in [0.15, 0.2) is 60.8 Å². The molecule has 0 saturated heterocycles. The van der Waals surface area contributed by atoms with E-state index in [2.05, 4.69) is 10.1 Å². The van der Waals surface area contributed by atoms with Gasteiger partial charge in [-0.1, -0.05) is 41.6 Å². The molecule has 0 bridgehead atoms. The number of hydrogen-bond donors (Lipinski definition) is 0. The lowest BCUT2D eigenvalue weighted by Crippen LogP contribution is -2.30. The first-order valence-electron chi connectivity index (χ1n) is 6.45. The van der Waals surface area contributed by atoms with Gasteiger partial charge in [0.15, 0.2) is 11.5 Å². The van der Waals surface area contributed by atoms with E-state index in [1.807, 2.05) is 36.4 Å². The average Bonchev–Trinajstić information content (AvgIpc) is 2.99. The zero-order valence-electron chi connectivity index (χ0n) is 11.2. The van der Waals surface area contributed by atoms with Gasteiger partial charge in [0, 0.05) is 11.5 Å². The van der Waals surface area contributed by atoms with E-state index in [1.165, 1.54) is 6.20 Å². The van der Waals surface area contributed by atoms with Crippen molar-refractivity contribution in [3.05, 3.63) is 66.5 Å². The van der Waals surface area contributed by atoms with Crippen LogP contribution < -0.4 is 10.5 Å². The van der Waals surface area contributed by atoms with Crippen LogP contribution in [0.1, 0.15) is 5.69 Å². The zero-order chi connectivity index (χ0) is 15.6. The van der Waals surface area contributed by atoms with Crippen LogP contribution in [0.2, 0.25) is 0 Å². The summed E-state index contributed by atoms with van der Waals surface area (Å²) >= 11 is 0. The highest BCUT2D eigenvalue weighted by atomic mass is 28.2. The van der Waals surface area contributed by atoms with Crippen LogP contribution in [0, 0.1) is 0 Å². The molecule has 3 rings (SSSR count). The van der Waals surface area contributed by atoms with E-state index < -0.39 is 11.9 Å². The predicted molar refractivity (Wildman–Crippen MR) is 77.8 cm³/mol. The van der Waals surface area contributed by atoms with E-state index in [0.717, 1.165) is 21.3 Å². The van der Waals surface area contributed by atoms with Crippen molar-refractivity contribution in [1.82, 2.24) is 14.8 Å². The first-order valence-corrected chi connectivity index (χ1v) is 7.45. The van der Waals surface area contributed by atoms with E-state index in [1.54, 1.807) is 12.1 Å². The third-order valence-electron chi connectivity index (χ3n) is 2.89. The minimum atomic E-state index is -4.45. The number of benzene rings is 1. The van der Waals surface area contributed by atoms with Crippen molar-refractivity contribution in [1.29, 1.82) is 0 Å². The van der Waals surface area contributed by atoms with Crippen molar-refractivity contribution in [2.45, 2.75) is 6.18 Å². The number of alkyl halides is 3. The molecule has 0 atom stereocenters. The zero-order valence-corrected chi connectivity index (χ0v) is 12.2. The average molecular weight is 317 g/mol. The van der Waals surface area contributed by atoms with Gasteiger partial charge in [-0.2, -0.15) is 18.3 Å². The minimum Gasteiger partial charge on any atom is -0.239 e. The third kappa shape index (κ3) is 3.25. The second-order valence-corrected chi connectivity index (χ2v) is 5.85. The number of nitrogens with zero attached hydrogens (tertiary/aromatic N) is 3. The van der Waals surface area contributed by atoms with E-state index in [9.17, 15) is 13.2 Å². The smallest absolute Gasteiger partial charge is 0.239 e. The van der Waals surface area contributed by atoms with Gasteiger partial charge in [-0.15, -0.1) is 0 Å². The van der Waals surface area contributed by atoms with Crippen molar-refractivity contribution >= 4 is 20.0 Å². The molecule has 2 heterocycles. The van der Waals surface area contributed by atoms with Crippen molar-refractivity contribution < 1.29 is 13.2 Å². The predicted octanol–water partition coefficient (Wildman–Crippen LogP) is 1.94. The van der Waals surface area contributed by atoms with Gasteiger partial charge in [0.2, 0.25) is 0 Å². The molecule has 0 spiro atoms. The summed E-state index contributed by atoms with van der Waals surface area (Å²) in [5.41, 5.74) is -0.926. The lowest BCUT2D eigenvalue weighted by molar-refractivity contribution is -0.141. The molecule has 1 aromatic carbocycles. The first-order chi connectivity index (χ1) is 10.5. The summed E-state index contributed by atoms with van der Waals surface area (Å²) in [6.45, 7) is 0. The maximum atomic E-state index is 12.6. The van der Waals surface area contributed by atoms with Crippen molar-refractivity contribution in [3.63, 3.8) is 0 Å². The minimum absolute atomic E-state index is 0.339. The SMILES string of the molecule is FC(F)(F)c1ccn(-c2cccc([Si]c3ccccc3)n2)n1. The molecule has 0 aliphatic rings. The normalized spacial score (nSPS) is 11.6. The number of pyridine rings is 1. The Labute approximate surface area is 127 Å². The molecule has 0 amide bonds. The largest absolute Gasteiger partial charge is 0.435 e. The molecule has 2 aromatic heterocycles. The fourth-order valence-electron chi connectivity index (χ4n) is 1.89. The van der Waals surface area contributed by atoms with Crippen molar-refractivity contribution in [2.75, 3.05) is 0 Å². The molecule has 3 aromatic rings. The fraction of sp³-hybridized carbons (Fsp3) is 0.0667. The van der Waals surface area contributed by atoms with Crippen LogP contribution in [0.3, 0.4) is 0 Å². The standard InChI is InChI=1S/C15H10F3N3Si/c16-15(17,18)12-9-10-21(20-12)13-7-4-8-14(19-13)22-11-5-2-1-3-6-11/h1-10H. The maximum Gasteiger partial charge on any atom is 0.435 e. The van der Waals surface area contributed by atoms with E-state index in [0.29, 0.717) is 15.3 Å². The number of aromatic nitrogens is 3. The lowest BCUT2D eigenvalue weighted by Gasteiger charge is -2.05. The van der Waals surface area contributed by atoms with Crippen LogP contribution >= 0.6 is 0 Å². The summed E-state index contributed by atoms with van der Waals surface area (Å²) in [6.07, 6.45) is -3.19. The quantitative estimate of drug-likeness (QED) is 0.691. The molecule has 0 aliphatic heterocycles. The van der Waals surface area contributed by atoms with Gasteiger partial charge in [0.05, 0.1) is 0 Å². The molecule has 3 nitrogen and oxygen atoms in total. The van der Waals surface area contributed by atoms with Gasteiger partial charge < -0.3 is 0 Å². The first kappa shape index (κ1) is 14.5. The number of rotatable bonds is 3. The molecule has 0 saturated carbocycles. The summed E-state index contributed by atoms with van der Waals surface area (Å²) < 4.78 is 38.9. The maximum absolute atomic E-state index is 12.6. The molecule has 2 radical (unpaired) electrons. The van der Waals surface area contributed by atoms with Gasteiger partial charge in [-0.25, -0.2) is 9.67 Å². The number of halogens is 3. The Balaban J connectivity index is 1.86. The molecular formula is C15H10F3N3Si. The van der Waals surface area contributed by atoms with Gasteiger partial charge >= 0.3 is 6.18 Å². The second-order valence-electron chi connectivity index (χ2n) is 4.52. The summed E-state index contributed by atoms with van der Waals surface area (Å²) in [5.74, 6) is 0.372. The van der Waals surface area contributed by atoms with Crippen LogP contribution in [-0.2, 0) is 6.18 Å². The Morgan fingerprint density at radius 1 is 0.909 bits per heavy atom. The lowest BCUT2D eigenvalue weighted by atomic mass is 10.4. The van der Waals surface area contributed by atoms with Crippen LogP contribution in [0.4, 0.5) is 13.2 Å². The summed E-state index contributed by atoms with van der Waals surface area (Å²) in [5, 5.41) is 5.45.